The quantitative estimate of drug-likeness (QED) is 0.852. The second-order valence-electron chi connectivity index (χ2n) is 4.80. The first kappa shape index (κ1) is 14.7. The molecule has 0 atom stereocenters. The van der Waals surface area contributed by atoms with Crippen molar-refractivity contribution in [2.45, 2.75) is 6.42 Å². The molecule has 0 aromatic heterocycles. The molecule has 1 heterocycles. The van der Waals surface area contributed by atoms with Gasteiger partial charge in [-0.05, 0) is 36.4 Å². The summed E-state index contributed by atoms with van der Waals surface area (Å²) in [5.74, 6) is 1.44. The summed E-state index contributed by atoms with van der Waals surface area (Å²) in [5, 5.41) is 6.05. The number of benzene rings is 2. The topological polar surface area (TPSA) is 59.6 Å². The maximum Gasteiger partial charge on any atom is 0.231 e. The summed E-state index contributed by atoms with van der Waals surface area (Å²) in [6.07, 6.45) is 0.379. The van der Waals surface area contributed by atoms with E-state index >= 15 is 0 Å². The second-order valence-corrected chi connectivity index (χ2v) is 5.72. The van der Waals surface area contributed by atoms with Crippen molar-refractivity contribution in [2.75, 3.05) is 24.0 Å². The molecule has 2 aromatic rings. The maximum absolute atomic E-state index is 11.9. The van der Waals surface area contributed by atoms with Crippen LogP contribution in [0.3, 0.4) is 0 Å². The van der Waals surface area contributed by atoms with Crippen LogP contribution in [-0.4, -0.2) is 19.2 Å². The van der Waals surface area contributed by atoms with Gasteiger partial charge in [0, 0.05) is 34.9 Å². The van der Waals surface area contributed by atoms with Crippen LogP contribution >= 0.6 is 15.9 Å². The first-order valence-electron chi connectivity index (χ1n) is 6.90. The van der Waals surface area contributed by atoms with Crippen molar-refractivity contribution >= 4 is 33.2 Å². The Morgan fingerprint density at radius 1 is 1.05 bits per heavy atom. The zero-order chi connectivity index (χ0) is 15.4. The Kier molecular flexibility index (Phi) is 4.48. The lowest BCUT2D eigenvalue weighted by Crippen LogP contribution is -2.16. The van der Waals surface area contributed by atoms with Crippen LogP contribution in [0, 0.1) is 0 Å². The van der Waals surface area contributed by atoms with E-state index in [1.165, 1.54) is 0 Å². The minimum atomic E-state index is -0.0319. The second kappa shape index (κ2) is 6.70. The van der Waals surface area contributed by atoms with Gasteiger partial charge in [0.2, 0.25) is 12.7 Å². The molecule has 22 heavy (non-hydrogen) atoms. The predicted octanol–water partition coefficient (Wildman–Crippen LogP) is 3.62. The average Bonchev–Trinajstić information content (AvgIpc) is 2.97. The van der Waals surface area contributed by atoms with E-state index in [1.54, 1.807) is 0 Å². The van der Waals surface area contributed by atoms with Gasteiger partial charge in [0.15, 0.2) is 11.5 Å². The molecule has 0 radical (unpaired) electrons. The molecule has 0 aliphatic carbocycles. The van der Waals surface area contributed by atoms with Crippen molar-refractivity contribution in [3.8, 4) is 11.5 Å². The van der Waals surface area contributed by atoms with Gasteiger partial charge in [-0.1, -0.05) is 15.9 Å². The Bertz CT molecular complexity index is 674. The molecule has 1 amide bonds. The zero-order valence-corrected chi connectivity index (χ0v) is 13.4. The number of rotatable bonds is 5. The summed E-state index contributed by atoms with van der Waals surface area (Å²) in [5.41, 5.74) is 1.69. The van der Waals surface area contributed by atoms with Crippen LogP contribution in [0.2, 0.25) is 0 Å². The summed E-state index contributed by atoms with van der Waals surface area (Å²) in [6, 6.07) is 13.1. The molecule has 5 nitrogen and oxygen atoms in total. The van der Waals surface area contributed by atoms with Crippen LogP contribution in [0.15, 0.2) is 46.9 Å². The van der Waals surface area contributed by atoms with E-state index < -0.39 is 0 Å². The highest BCUT2D eigenvalue weighted by Crippen LogP contribution is 2.34. The van der Waals surface area contributed by atoms with E-state index in [1.807, 2.05) is 42.5 Å². The highest BCUT2D eigenvalue weighted by atomic mass is 79.9. The van der Waals surface area contributed by atoms with Crippen molar-refractivity contribution in [3.05, 3.63) is 46.9 Å². The number of ether oxygens (including phenoxy) is 2. The van der Waals surface area contributed by atoms with Crippen LogP contribution in [0.4, 0.5) is 11.4 Å². The van der Waals surface area contributed by atoms with Crippen molar-refractivity contribution in [1.82, 2.24) is 0 Å². The Morgan fingerprint density at radius 3 is 2.59 bits per heavy atom. The molecular formula is C16H15BrN2O3. The number of anilines is 2. The molecule has 1 aliphatic rings. The first-order valence-corrected chi connectivity index (χ1v) is 7.69. The molecule has 3 rings (SSSR count). The molecule has 0 unspecified atom stereocenters. The van der Waals surface area contributed by atoms with E-state index in [4.69, 9.17) is 9.47 Å². The van der Waals surface area contributed by atoms with E-state index in [0.717, 1.165) is 27.3 Å². The molecule has 0 saturated carbocycles. The molecule has 2 N–H and O–H groups in total. The van der Waals surface area contributed by atoms with Gasteiger partial charge in [-0.2, -0.15) is 0 Å². The van der Waals surface area contributed by atoms with Crippen LogP contribution in [0.1, 0.15) is 6.42 Å². The fourth-order valence-corrected chi connectivity index (χ4v) is 2.35. The van der Waals surface area contributed by atoms with E-state index in [0.29, 0.717) is 13.0 Å². The largest absolute Gasteiger partial charge is 0.454 e. The smallest absolute Gasteiger partial charge is 0.231 e. The third-order valence-electron chi connectivity index (χ3n) is 3.18. The molecule has 6 heteroatoms. The molecule has 0 bridgehead atoms. The van der Waals surface area contributed by atoms with Crippen molar-refractivity contribution in [1.29, 1.82) is 0 Å². The number of carbonyl (C=O) groups excluding carboxylic acids is 1. The third-order valence-corrected chi connectivity index (χ3v) is 3.71. The van der Waals surface area contributed by atoms with E-state index in [-0.39, 0.29) is 12.7 Å². The van der Waals surface area contributed by atoms with Crippen LogP contribution < -0.4 is 20.1 Å². The van der Waals surface area contributed by atoms with Gasteiger partial charge in [0.1, 0.15) is 0 Å². The molecule has 0 saturated heterocycles. The molecule has 2 aromatic carbocycles. The van der Waals surface area contributed by atoms with Crippen LogP contribution in [0.5, 0.6) is 11.5 Å². The molecule has 0 fully saturated rings. The van der Waals surface area contributed by atoms with Gasteiger partial charge < -0.3 is 20.1 Å². The summed E-state index contributed by atoms with van der Waals surface area (Å²) in [4.78, 5) is 11.9. The number of fused-ring (bicyclic) bond motifs is 1. The molecule has 1 aliphatic heterocycles. The number of carbonyl (C=O) groups is 1. The van der Waals surface area contributed by atoms with Gasteiger partial charge in [0.05, 0.1) is 0 Å². The van der Waals surface area contributed by atoms with Crippen molar-refractivity contribution in [3.63, 3.8) is 0 Å². The van der Waals surface area contributed by atoms with Gasteiger partial charge in [-0.15, -0.1) is 0 Å². The Balaban J connectivity index is 1.46. The standard InChI is InChI=1S/C16H15BrN2O3/c17-11-1-3-12(4-2-11)19-16(20)7-8-18-13-5-6-14-15(9-13)22-10-21-14/h1-6,9,18H,7-8,10H2,(H,19,20). The highest BCUT2D eigenvalue weighted by Gasteiger charge is 2.13. The SMILES string of the molecule is O=C(CCNc1ccc2c(c1)OCO2)Nc1ccc(Br)cc1. The lowest BCUT2D eigenvalue weighted by molar-refractivity contribution is -0.115. The number of nitrogens with one attached hydrogen (secondary N) is 2. The minimum Gasteiger partial charge on any atom is -0.454 e. The van der Waals surface area contributed by atoms with Crippen LogP contribution in [0.25, 0.3) is 0 Å². The summed E-state index contributed by atoms with van der Waals surface area (Å²) < 4.78 is 11.5. The Labute approximate surface area is 136 Å². The highest BCUT2D eigenvalue weighted by molar-refractivity contribution is 9.10. The zero-order valence-electron chi connectivity index (χ0n) is 11.8. The lowest BCUT2D eigenvalue weighted by atomic mass is 10.2. The minimum absolute atomic E-state index is 0.0319. The Hall–Kier alpha value is -2.21. The number of hydrogen-bond acceptors (Lipinski definition) is 4. The predicted molar refractivity (Wildman–Crippen MR) is 88.4 cm³/mol. The number of hydrogen-bond donors (Lipinski definition) is 2. The summed E-state index contributed by atoms with van der Waals surface area (Å²) in [7, 11) is 0. The van der Waals surface area contributed by atoms with Gasteiger partial charge in [-0.3, -0.25) is 4.79 Å². The Morgan fingerprint density at radius 2 is 1.77 bits per heavy atom. The maximum atomic E-state index is 11.9. The lowest BCUT2D eigenvalue weighted by Gasteiger charge is -2.08. The van der Waals surface area contributed by atoms with E-state index in [9.17, 15) is 4.79 Å². The van der Waals surface area contributed by atoms with Crippen molar-refractivity contribution in [2.24, 2.45) is 0 Å². The molecule has 114 valence electrons. The van der Waals surface area contributed by atoms with Crippen LogP contribution in [-0.2, 0) is 4.79 Å². The first-order chi connectivity index (χ1) is 10.7. The van der Waals surface area contributed by atoms with Gasteiger partial charge >= 0.3 is 0 Å². The number of halogens is 1. The van der Waals surface area contributed by atoms with Gasteiger partial charge in [-0.25, -0.2) is 0 Å². The molecular weight excluding hydrogens is 348 g/mol. The fourth-order valence-electron chi connectivity index (χ4n) is 2.08. The van der Waals surface area contributed by atoms with Gasteiger partial charge in [0.25, 0.3) is 0 Å². The normalized spacial score (nSPS) is 12.0. The summed E-state index contributed by atoms with van der Waals surface area (Å²) >= 11 is 3.36. The average molecular weight is 363 g/mol. The molecule has 0 spiro atoms. The number of amides is 1. The monoisotopic (exact) mass is 362 g/mol. The third kappa shape index (κ3) is 3.71. The van der Waals surface area contributed by atoms with Crippen molar-refractivity contribution < 1.29 is 14.3 Å². The fraction of sp³-hybridized carbons (Fsp3) is 0.188. The van der Waals surface area contributed by atoms with E-state index in [2.05, 4.69) is 26.6 Å². The summed E-state index contributed by atoms with van der Waals surface area (Å²) in [6.45, 7) is 0.802.